The molecule has 8 nitrogen and oxygen atoms in total. The predicted octanol–water partition coefficient (Wildman–Crippen LogP) is 3.76. The summed E-state index contributed by atoms with van der Waals surface area (Å²) in [7, 11) is 0. The van der Waals surface area contributed by atoms with Crippen molar-refractivity contribution in [2.24, 2.45) is 0 Å². The number of halogens is 2. The van der Waals surface area contributed by atoms with E-state index in [0.717, 1.165) is 19.5 Å². The van der Waals surface area contributed by atoms with Crippen LogP contribution >= 0.6 is 66.3 Å². The Hall–Kier alpha value is -0.890. The van der Waals surface area contributed by atoms with E-state index in [4.69, 9.17) is 0 Å². The van der Waals surface area contributed by atoms with Gasteiger partial charge in [0, 0.05) is 6.07 Å². The van der Waals surface area contributed by atoms with Crippen LogP contribution in [0.5, 0.6) is 0 Å². The standard InChI is InChI=1S/C8H2Br2N6O2S3/c9-5-6(10)20-8(11-5)21-7-12-13-14-15(7)3-1-2-4(19-3)16(17)18/h1-2H. The number of nitrogens with zero attached hydrogens (tertiary/aromatic N) is 6. The summed E-state index contributed by atoms with van der Waals surface area (Å²) in [6.45, 7) is 0. The Morgan fingerprint density at radius 2 is 2.14 bits per heavy atom. The van der Waals surface area contributed by atoms with Gasteiger partial charge in [-0.25, -0.2) is 4.98 Å². The van der Waals surface area contributed by atoms with Gasteiger partial charge in [-0.1, -0.05) is 11.3 Å². The molecule has 3 aromatic rings. The summed E-state index contributed by atoms with van der Waals surface area (Å²) in [5, 5.41) is 23.2. The summed E-state index contributed by atoms with van der Waals surface area (Å²) in [6, 6.07) is 3.03. The summed E-state index contributed by atoms with van der Waals surface area (Å²) in [5.41, 5.74) is 0. The summed E-state index contributed by atoms with van der Waals surface area (Å²) in [5.74, 6) is 0. The van der Waals surface area contributed by atoms with Crippen molar-refractivity contribution in [1.82, 2.24) is 25.2 Å². The Morgan fingerprint density at radius 3 is 2.76 bits per heavy atom. The normalized spacial score (nSPS) is 11.0. The summed E-state index contributed by atoms with van der Waals surface area (Å²) >= 11 is 10.4. The molecule has 0 amide bonds. The van der Waals surface area contributed by atoms with Gasteiger partial charge in [-0.2, -0.15) is 4.68 Å². The molecule has 0 N–H and O–H groups in total. The zero-order chi connectivity index (χ0) is 15.0. The molecule has 0 saturated carbocycles. The van der Waals surface area contributed by atoms with E-state index < -0.39 is 4.92 Å². The Labute approximate surface area is 146 Å². The summed E-state index contributed by atoms with van der Waals surface area (Å²) in [6.07, 6.45) is 0. The van der Waals surface area contributed by atoms with Crippen LogP contribution in [0, 0.1) is 10.1 Å². The lowest BCUT2D eigenvalue weighted by molar-refractivity contribution is -0.380. The van der Waals surface area contributed by atoms with E-state index in [2.05, 4.69) is 52.4 Å². The molecular weight excluding hydrogens is 468 g/mol. The molecule has 0 atom stereocenters. The Morgan fingerprint density at radius 1 is 1.33 bits per heavy atom. The van der Waals surface area contributed by atoms with E-state index in [1.54, 1.807) is 6.07 Å². The largest absolute Gasteiger partial charge is 0.326 e. The molecule has 0 aliphatic rings. The number of hydrogen-bond donors (Lipinski definition) is 0. The molecule has 0 aliphatic heterocycles. The molecule has 0 unspecified atom stereocenters. The molecule has 0 bridgehead atoms. The van der Waals surface area contributed by atoms with Crippen molar-refractivity contribution in [2.45, 2.75) is 9.50 Å². The third-order valence-corrected chi connectivity index (χ3v) is 7.20. The van der Waals surface area contributed by atoms with Gasteiger partial charge in [0.05, 0.1) is 4.92 Å². The van der Waals surface area contributed by atoms with Crippen LogP contribution in [0.25, 0.3) is 5.00 Å². The first kappa shape index (κ1) is 15.0. The fraction of sp³-hybridized carbons (Fsp3) is 0. The minimum absolute atomic E-state index is 0.0381. The molecule has 0 fully saturated rings. The van der Waals surface area contributed by atoms with Gasteiger partial charge in [-0.3, -0.25) is 10.1 Å². The van der Waals surface area contributed by atoms with Crippen LogP contribution in [0.2, 0.25) is 0 Å². The van der Waals surface area contributed by atoms with Gasteiger partial charge in [0.1, 0.15) is 13.4 Å². The zero-order valence-electron chi connectivity index (χ0n) is 9.64. The molecule has 0 radical (unpaired) electrons. The van der Waals surface area contributed by atoms with E-state index in [1.165, 1.54) is 33.8 Å². The average molecular weight is 470 g/mol. The SMILES string of the molecule is O=[N+]([O-])c1ccc(-n2nnnc2Sc2nc(Br)c(Br)s2)s1. The van der Waals surface area contributed by atoms with E-state index in [1.807, 2.05) is 0 Å². The van der Waals surface area contributed by atoms with Crippen molar-refractivity contribution in [3.05, 3.63) is 30.6 Å². The molecule has 3 aromatic heterocycles. The molecule has 108 valence electrons. The molecule has 21 heavy (non-hydrogen) atoms. The molecule has 0 aliphatic carbocycles. The van der Waals surface area contributed by atoms with Crippen LogP contribution in [0.1, 0.15) is 0 Å². The smallest absolute Gasteiger partial charge is 0.258 e. The zero-order valence-corrected chi connectivity index (χ0v) is 15.3. The second-order valence-electron chi connectivity index (χ2n) is 3.39. The number of rotatable bonds is 4. The highest BCUT2D eigenvalue weighted by molar-refractivity contribution is 9.13. The van der Waals surface area contributed by atoms with Gasteiger partial charge in [0.2, 0.25) is 5.16 Å². The number of tetrazole rings is 1. The molecule has 0 spiro atoms. The van der Waals surface area contributed by atoms with Crippen LogP contribution in [0.4, 0.5) is 5.00 Å². The van der Waals surface area contributed by atoms with Crippen LogP contribution in [0.3, 0.4) is 0 Å². The van der Waals surface area contributed by atoms with Crippen LogP contribution in [-0.2, 0) is 0 Å². The number of thiazole rings is 1. The third kappa shape index (κ3) is 3.15. The third-order valence-electron chi connectivity index (χ3n) is 2.11. The van der Waals surface area contributed by atoms with Gasteiger partial charge in [0.15, 0.2) is 4.34 Å². The second-order valence-corrected chi connectivity index (χ2v) is 8.71. The van der Waals surface area contributed by atoms with Crippen LogP contribution < -0.4 is 0 Å². The maximum Gasteiger partial charge on any atom is 0.326 e. The van der Waals surface area contributed by atoms with E-state index >= 15 is 0 Å². The molecule has 3 heterocycles. The van der Waals surface area contributed by atoms with Gasteiger partial charge in [0.25, 0.3) is 0 Å². The summed E-state index contributed by atoms with van der Waals surface area (Å²) in [4.78, 5) is 14.6. The van der Waals surface area contributed by atoms with E-state index in [9.17, 15) is 10.1 Å². The van der Waals surface area contributed by atoms with Crippen molar-refractivity contribution >= 4 is 71.3 Å². The molecule has 0 aromatic carbocycles. The Balaban J connectivity index is 1.91. The topological polar surface area (TPSA) is 99.6 Å². The monoisotopic (exact) mass is 468 g/mol. The van der Waals surface area contributed by atoms with Gasteiger partial charge in [-0.15, -0.1) is 5.10 Å². The minimum Gasteiger partial charge on any atom is -0.258 e. The highest BCUT2D eigenvalue weighted by atomic mass is 79.9. The number of hydrogen-bond acceptors (Lipinski definition) is 9. The predicted molar refractivity (Wildman–Crippen MR) is 85.3 cm³/mol. The lowest BCUT2D eigenvalue weighted by Gasteiger charge is -1.97. The Bertz CT molecular complexity index is 795. The lowest BCUT2D eigenvalue weighted by Crippen LogP contribution is -1.95. The lowest BCUT2D eigenvalue weighted by atomic mass is 10.6. The highest BCUT2D eigenvalue weighted by Crippen LogP contribution is 2.38. The van der Waals surface area contributed by atoms with Crippen molar-refractivity contribution in [3.8, 4) is 5.00 Å². The molecule has 13 heteroatoms. The number of nitro groups is 1. The van der Waals surface area contributed by atoms with Crippen molar-refractivity contribution in [2.75, 3.05) is 0 Å². The van der Waals surface area contributed by atoms with E-state index in [-0.39, 0.29) is 5.00 Å². The quantitative estimate of drug-likeness (QED) is 0.423. The van der Waals surface area contributed by atoms with Gasteiger partial charge < -0.3 is 0 Å². The number of thiophene rings is 1. The first-order chi connectivity index (χ1) is 10.0. The maximum absolute atomic E-state index is 10.7. The fourth-order valence-corrected chi connectivity index (χ4v) is 5.30. The van der Waals surface area contributed by atoms with Crippen LogP contribution in [-0.4, -0.2) is 30.1 Å². The maximum atomic E-state index is 10.7. The minimum atomic E-state index is -0.444. The first-order valence-electron chi connectivity index (χ1n) is 5.07. The van der Waals surface area contributed by atoms with Crippen molar-refractivity contribution in [3.63, 3.8) is 0 Å². The van der Waals surface area contributed by atoms with Crippen molar-refractivity contribution in [1.29, 1.82) is 0 Å². The molecule has 3 rings (SSSR count). The van der Waals surface area contributed by atoms with E-state index in [0.29, 0.717) is 14.8 Å². The molecule has 0 saturated heterocycles. The number of aromatic nitrogens is 5. The van der Waals surface area contributed by atoms with Gasteiger partial charge in [-0.05, 0) is 71.5 Å². The average Bonchev–Trinajstić information content (AvgIpc) is 3.11. The van der Waals surface area contributed by atoms with Crippen LogP contribution in [0.15, 0.2) is 30.0 Å². The van der Waals surface area contributed by atoms with Crippen molar-refractivity contribution < 1.29 is 4.92 Å². The van der Waals surface area contributed by atoms with Gasteiger partial charge >= 0.3 is 5.00 Å². The second kappa shape index (κ2) is 6.08. The molecular formula is C8H2Br2N6O2S3. The highest BCUT2D eigenvalue weighted by Gasteiger charge is 2.18. The summed E-state index contributed by atoms with van der Waals surface area (Å²) < 4.78 is 3.78. The first-order valence-corrected chi connectivity index (χ1v) is 9.11. The fourth-order valence-electron chi connectivity index (χ4n) is 1.30. The Kier molecular flexibility index (Phi) is 4.35.